The van der Waals surface area contributed by atoms with E-state index in [2.05, 4.69) is 6.58 Å². The maximum atomic E-state index is 11.7. The lowest BCUT2D eigenvalue weighted by molar-refractivity contribution is -0.308. The van der Waals surface area contributed by atoms with Gasteiger partial charge in [-0.1, -0.05) is 19.4 Å². The smallest absolute Gasteiger partial charge is 0.155 e. The Labute approximate surface area is 109 Å². The molecule has 0 aliphatic heterocycles. The lowest BCUT2D eigenvalue weighted by Gasteiger charge is -2.40. The molecule has 0 saturated heterocycles. The molecule has 100 valence electrons. The van der Waals surface area contributed by atoms with Crippen LogP contribution in [0, 0.1) is 11.3 Å². The fraction of sp³-hybridized carbons (Fsp3) is 0.600. The lowest BCUT2D eigenvalue weighted by Crippen LogP contribution is -2.34. The molecule has 0 heterocycles. The first-order chi connectivity index (χ1) is 8.23. The molecule has 1 aliphatic carbocycles. The minimum Gasteiger partial charge on any atom is -0.876 e. The van der Waals surface area contributed by atoms with E-state index in [1.165, 1.54) is 0 Å². The summed E-state index contributed by atoms with van der Waals surface area (Å²) in [5.74, 6) is 0.0456. The van der Waals surface area contributed by atoms with Gasteiger partial charge in [0.25, 0.3) is 0 Å². The summed E-state index contributed by atoms with van der Waals surface area (Å²) >= 11 is 0. The molecule has 0 aromatic heterocycles. The SMILES string of the molecule is C=C([O-])C[C@H]1CC(=O)C=C(CCC(C)=O)C1(C)C. The van der Waals surface area contributed by atoms with Crippen molar-refractivity contribution in [3.63, 3.8) is 0 Å². The van der Waals surface area contributed by atoms with E-state index in [4.69, 9.17) is 0 Å². The van der Waals surface area contributed by atoms with E-state index in [1.807, 2.05) is 13.8 Å². The largest absolute Gasteiger partial charge is 0.876 e. The zero-order valence-corrected chi connectivity index (χ0v) is 11.4. The molecular formula is C15H21O3-. The average molecular weight is 249 g/mol. The predicted molar refractivity (Wildman–Crippen MR) is 68.7 cm³/mol. The molecule has 0 spiro atoms. The minimum absolute atomic E-state index is 0.00181. The van der Waals surface area contributed by atoms with Crippen LogP contribution in [0.15, 0.2) is 24.0 Å². The highest BCUT2D eigenvalue weighted by Crippen LogP contribution is 2.44. The van der Waals surface area contributed by atoms with Gasteiger partial charge in [0.1, 0.15) is 5.78 Å². The summed E-state index contributed by atoms with van der Waals surface area (Å²) in [5.41, 5.74) is 0.775. The Bertz CT molecular complexity index is 402. The van der Waals surface area contributed by atoms with Crippen molar-refractivity contribution in [1.82, 2.24) is 0 Å². The van der Waals surface area contributed by atoms with Gasteiger partial charge >= 0.3 is 0 Å². The Morgan fingerprint density at radius 3 is 2.67 bits per heavy atom. The summed E-state index contributed by atoms with van der Waals surface area (Å²) in [4.78, 5) is 22.8. The van der Waals surface area contributed by atoms with E-state index in [0.29, 0.717) is 25.7 Å². The summed E-state index contributed by atoms with van der Waals surface area (Å²) in [7, 11) is 0. The molecule has 18 heavy (non-hydrogen) atoms. The first kappa shape index (κ1) is 14.7. The normalized spacial score (nSPS) is 22.5. The zero-order chi connectivity index (χ0) is 13.9. The second-order valence-corrected chi connectivity index (χ2v) is 5.70. The van der Waals surface area contributed by atoms with Crippen LogP contribution in [0.1, 0.15) is 46.5 Å². The van der Waals surface area contributed by atoms with Gasteiger partial charge < -0.3 is 9.90 Å². The van der Waals surface area contributed by atoms with E-state index in [9.17, 15) is 14.7 Å². The van der Waals surface area contributed by atoms with Gasteiger partial charge in [-0.2, -0.15) is 0 Å². The van der Waals surface area contributed by atoms with Crippen LogP contribution in [-0.2, 0) is 9.59 Å². The Balaban J connectivity index is 2.90. The minimum atomic E-state index is -0.212. The number of carbonyl (C=O) groups excluding carboxylic acids is 2. The van der Waals surface area contributed by atoms with Crippen LogP contribution < -0.4 is 5.11 Å². The highest BCUT2D eigenvalue weighted by atomic mass is 16.3. The highest BCUT2D eigenvalue weighted by Gasteiger charge is 2.37. The Morgan fingerprint density at radius 1 is 1.56 bits per heavy atom. The van der Waals surface area contributed by atoms with Gasteiger partial charge in [0, 0.05) is 12.8 Å². The second kappa shape index (κ2) is 5.51. The summed E-state index contributed by atoms with van der Waals surface area (Å²) in [6, 6.07) is 0. The van der Waals surface area contributed by atoms with Crippen molar-refractivity contribution in [1.29, 1.82) is 0 Å². The van der Waals surface area contributed by atoms with Gasteiger partial charge in [-0.25, -0.2) is 0 Å². The van der Waals surface area contributed by atoms with Crippen molar-refractivity contribution in [3.8, 4) is 0 Å². The van der Waals surface area contributed by atoms with Gasteiger partial charge in [0.15, 0.2) is 5.78 Å². The zero-order valence-electron chi connectivity index (χ0n) is 11.4. The van der Waals surface area contributed by atoms with Gasteiger partial charge in [-0.3, -0.25) is 4.79 Å². The molecule has 0 aromatic carbocycles. The molecule has 0 unspecified atom stereocenters. The topological polar surface area (TPSA) is 57.2 Å². The van der Waals surface area contributed by atoms with Gasteiger partial charge in [-0.15, -0.1) is 12.3 Å². The summed E-state index contributed by atoms with van der Waals surface area (Å²) < 4.78 is 0. The molecule has 3 heteroatoms. The van der Waals surface area contributed by atoms with Crippen LogP contribution in [0.25, 0.3) is 0 Å². The fourth-order valence-electron chi connectivity index (χ4n) is 2.51. The number of Topliss-reactive ketones (excluding diaryl/α,β-unsaturated/α-hetero) is 1. The Kier molecular flexibility index (Phi) is 4.49. The molecule has 1 aliphatic rings. The van der Waals surface area contributed by atoms with Crippen molar-refractivity contribution in [2.45, 2.75) is 46.5 Å². The third kappa shape index (κ3) is 3.56. The molecule has 0 N–H and O–H groups in total. The molecule has 0 fully saturated rings. The quantitative estimate of drug-likeness (QED) is 0.701. The van der Waals surface area contributed by atoms with E-state index in [-0.39, 0.29) is 28.7 Å². The van der Waals surface area contributed by atoms with Crippen LogP contribution in [0.5, 0.6) is 0 Å². The maximum absolute atomic E-state index is 11.7. The number of ketones is 2. The number of allylic oxidation sites excluding steroid dienone is 3. The van der Waals surface area contributed by atoms with E-state index in [1.54, 1.807) is 13.0 Å². The number of hydrogen-bond donors (Lipinski definition) is 0. The third-order valence-corrected chi connectivity index (χ3v) is 3.85. The molecule has 3 nitrogen and oxygen atoms in total. The van der Waals surface area contributed by atoms with Gasteiger partial charge in [0.2, 0.25) is 0 Å². The lowest BCUT2D eigenvalue weighted by atomic mass is 9.65. The van der Waals surface area contributed by atoms with E-state index >= 15 is 0 Å². The van der Waals surface area contributed by atoms with E-state index < -0.39 is 0 Å². The van der Waals surface area contributed by atoms with Crippen LogP contribution >= 0.6 is 0 Å². The predicted octanol–water partition coefficient (Wildman–Crippen LogP) is 2.16. The first-order valence-corrected chi connectivity index (χ1v) is 6.31. The standard InChI is InChI=1S/C15H22O3/c1-10(16)5-6-12-8-14(18)9-13(7-11(2)17)15(12,3)4/h8,13,17H,2,5-7,9H2,1,3-4H3/p-1/t13-/m0/s1. The highest BCUT2D eigenvalue weighted by molar-refractivity contribution is 5.92. The second-order valence-electron chi connectivity index (χ2n) is 5.70. The van der Waals surface area contributed by atoms with Crippen LogP contribution in [0.3, 0.4) is 0 Å². The molecule has 0 bridgehead atoms. The maximum Gasteiger partial charge on any atom is 0.155 e. The fourth-order valence-corrected chi connectivity index (χ4v) is 2.51. The summed E-state index contributed by atoms with van der Waals surface area (Å²) in [6.45, 7) is 9.03. The van der Waals surface area contributed by atoms with E-state index in [0.717, 1.165) is 5.57 Å². The molecule has 0 radical (unpaired) electrons. The van der Waals surface area contributed by atoms with Crippen LogP contribution in [0.4, 0.5) is 0 Å². The van der Waals surface area contributed by atoms with Gasteiger partial charge in [0.05, 0.1) is 0 Å². The van der Waals surface area contributed by atoms with Crippen LogP contribution in [-0.4, -0.2) is 11.6 Å². The van der Waals surface area contributed by atoms with Crippen molar-refractivity contribution in [3.05, 3.63) is 24.0 Å². The molecule has 0 saturated carbocycles. The summed E-state index contributed by atoms with van der Waals surface area (Å²) in [6.07, 6.45) is 3.45. The summed E-state index contributed by atoms with van der Waals surface area (Å²) in [5, 5.41) is 11.2. The number of rotatable bonds is 5. The number of carbonyl (C=O) groups is 2. The molecule has 0 aromatic rings. The van der Waals surface area contributed by atoms with Gasteiger partial charge in [-0.05, 0) is 37.2 Å². The van der Waals surface area contributed by atoms with Crippen molar-refractivity contribution in [2.75, 3.05) is 0 Å². The number of hydrogen-bond acceptors (Lipinski definition) is 3. The van der Waals surface area contributed by atoms with Crippen LogP contribution in [0.2, 0.25) is 0 Å². The molecule has 1 rings (SSSR count). The monoisotopic (exact) mass is 249 g/mol. The average Bonchev–Trinajstić information content (AvgIpc) is 2.20. The molecular weight excluding hydrogens is 228 g/mol. The Morgan fingerprint density at radius 2 is 2.17 bits per heavy atom. The van der Waals surface area contributed by atoms with Crippen molar-refractivity contribution < 1.29 is 14.7 Å². The molecule has 0 amide bonds. The van der Waals surface area contributed by atoms with Crippen molar-refractivity contribution in [2.24, 2.45) is 11.3 Å². The van der Waals surface area contributed by atoms with Crippen molar-refractivity contribution >= 4 is 11.6 Å². The third-order valence-electron chi connectivity index (χ3n) is 3.85. The Hall–Kier alpha value is -1.38. The molecule has 1 atom stereocenters. The first-order valence-electron chi connectivity index (χ1n) is 6.31.